The zero-order chi connectivity index (χ0) is 13.2. The van der Waals surface area contributed by atoms with Gasteiger partial charge in [-0.2, -0.15) is 0 Å². The molecule has 4 nitrogen and oxygen atoms in total. The normalized spacial score (nSPS) is 38.6. The molecule has 1 aliphatic heterocycles. The maximum Gasteiger partial charge on any atom is 0.159 e. The van der Waals surface area contributed by atoms with Gasteiger partial charge in [0.1, 0.15) is 5.25 Å². The number of ether oxygens (including phenoxy) is 1. The van der Waals surface area contributed by atoms with Gasteiger partial charge in [0.15, 0.2) is 9.84 Å². The molecular formula is C13H25NO3S. The third-order valence-corrected chi connectivity index (χ3v) is 7.12. The van der Waals surface area contributed by atoms with Crippen molar-refractivity contribution >= 4 is 9.84 Å². The summed E-state index contributed by atoms with van der Waals surface area (Å²) in [7, 11) is -1.22. The molecule has 4 atom stereocenters. The van der Waals surface area contributed by atoms with Gasteiger partial charge in [-0.05, 0) is 32.2 Å². The Morgan fingerprint density at radius 1 is 1.22 bits per heavy atom. The van der Waals surface area contributed by atoms with Crippen LogP contribution in [0.15, 0.2) is 0 Å². The summed E-state index contributed by atoms with van der Waals surface area (Å²) >= 11 is 0. The number of hydrogen-bond donors (Lipinski definition) is 1. The zero-order valence-corrected chi connectivity index (χ0v) is 12.2. The molecule has 0 aromatic rings. The van der Waals surface area contributed by atoms with Crippen LogP contribution in [0.2, 0.25) is 0 Å². The molecule has 18 heavy (non-hydrogen) atoms. The van der Waals surface area contributed by atoms with Gasteiger partial charge in [-0.3, -0.25) is 0 Å². The minimum absolute atomic E-state index is 0.0565. The van der Waals surface area contributed by atoms with Gasteiger partial charge in [0.05, 0.1) is 11.9 Å². The van der Waals surface area contributed by atoms with E-state index in [1.54, 1.807) is 0 Å². The van der Waals surface area contributed by atoms with Gasteiger partial charge in [0.2, 0.25) is 0 Å². The van der Waals surface area contributed by atoms with Gasteiger partial charge < -0.3 is 10.1 Å². The Bertz CT molecular complexity index is 368. The van der Waals surface area contributed by atoms with Crippen molar-refractivity contribution in [2.75, 3.05) is 20.3 Å². The minimum atomic E-state index is -3.07. The molecule has 0 aromatic heterocycles. The van der Waals surface area contributed by atoms with Crippen molar-refractivity contribution in [3.05, 3.63) is 0 Å². The summed E-state index contributed by atoms with van der Waals surface area (Å²) in [6.07, 6.45) is 4.67. The second-order valence-electron chi connectivity index (χ2n) is 5.78. The van der Waals surface area contributed by atoms with Gasteiger partial charge in [0, 0.05) is 12.6 Å². The predicted molar refractivity (Wildman–Crippen MR) is 72.4 cm³/mol. The Balaban J connectivity index is 2.13. The fraction of sp³-hybridized carbons (Fsp3) is 1.00. The second kappa shape index (κ2) is 5.88. The Kier molecular flexibility index (Phi) is 4.67. The number of rotatable bonds is 3. The Labute approximate surface area is 110 Å². The van der Waals surface area contributed by atoms with E-state index in [0.29, 0.717) is 19.1 Å². The van der Waals surface area contributed by atoms with Crippen LogP contribution in [0, 0.1) is 5.92 Å². The largest absolute Gasteiger partial charge is 0.380 e. The first-order valence-electron chi connectivity index (χ1n) is 7.03. The Morgan fingerprint density at radius 3 is 2.67 bits per heavy atom. The van der Waals surface area contributed by atoms with E-state index in [-0.39, 0.29) is 16.5 Å². The van der Waals surface area contributed by atoms with Crippen molar-refractivity contribution in [1.82, 2.24) is 5.32 Å². The van der Waals surface area contributed by atoms with Crippen LogP contribution >= 0.6 is 0 Å². The van der Waals surface area contributed by atoms with E-state index in [2.05, 4.69) is 12.2 Å². The molecule has 0 amide bonds. The average Bonchev–Trinajstić information content (AvgIpc) is 2.38. The standard InChI is InChI=1S/C13H25NO3S/c1-10-4-3-5-11(8-10)18(15,16)13-9-17-7-6-12(13)14-2/h10-14H,3-9H2,1-2H3. The molecular weight excluding hydrogens is 250 g/mol. The molecule has 1 aliphatic carbocycles. The van der Waals surface area contributed by atoms with Crippen LogP contribution in [-0.2, 0) is 14.6 Å². The molecule has 0 spiro atoms. The molecule has 1 saturated carbocycles. The molecule has 0 aromatic carbocycles. The van der Waals surface area contributed by atoms with Crippen molar-refractivity contribution in [2.45, 2.75) is 55.6 Å². The van der Waals surface area contributed by atoms with Crippen molar-refractivity contribution in [2.24, 2.45) is 5.92 Å². The lowest BCUT2D eigenvalue weighted by atomic mass is 9.90. The number of hydrogen-bond acceptors (Lipinski definition) is 4. The smallest absolute Gasteiger partial charge is 0.159 e. The molecule has 106 valence electrons. The highest BCUT2D eigenvalue weighted by molar-refractivity contribution is 7.92. The monoisotopic (exact) mass is 275 g/mol. The number of sulfone groups is 1. The third kappa shape index (κ3) is 2.89. The lowest BCUT2D eigenvalue weighted by Crippen LogP contribution is -2.52. The highest BCUT2D eigenvalue weighted by Crippen LogP contribution is 2.32. The minimum Gasteiger partial charge on any atom is -0.380 e. The summed E-state index contributed by atoms with van der Waals surface area (Å²) in [5.41, 5.74) is 0. The van der Waals surface area contributed by atoms with E-state index >= 15 is 0 Å². The van der Waals surface area contributed by atoms with E-state index in [1.165, 1.54) is 6.42 Å². The van der Waals surface area contributed by atoms with E-state index in [4.69, 9.17) is 4.74 Å². The predicted octanol–water partition coefficient (Wildman–Crippen LogP) is 1.36. The van der Waals surface area contributed by atoms with Gasteiger partial charge in [-0.1, -0.05) is 19.8 Å². The maximum absolute atomic E-state index is 12.7. The molecule has 0 radical (unpaired) electrons. The van der Waals surface area contributed by atoms with E-state index in [0.717, 1.165) is 25.7 Å². The lowest BCUT2D eigenvalue weighted by Gasteiger charge is -2.35. The van der Waals surface area contributed by atoms with Gasteiger partial charge in [0.25, 0.3) is 0 Å². The van der Waals surface area contributed by atoms with E-state index in [9.17, 15) is 8.42 Å². The van der Waals surface area contributed by atoms with Crippen LogP contribution in [0.5, 0.6) is 0 Å². The first-order chi connectivity index (χ1) is 8.55. The van der Waals surface area contributed by atoms with Crippen LogP contribution in [0.25, 0.3) is 0 Å². The first-order valence-corrected chi connectivity index (χ1v) is 8.64. The highest BCUT2D eigenvalue weighted by atomic mass is 32.2. The fourth-order valence-corrected chi connectivity index (χ4v) is 5.89. The summed E-state index contributed by atoms with van der Waals surface area (Å²) in [4.78, 5) is 0. The summed E-state index contributed by atoms with van der Waals surface area (Å²) < 4.78 is 30.9. The molecule has 2 aliphatic rings. The summed E-state index contributed by atoms with van der Waals surface area (Å²) in [5.74, 6) is 0.538. The molecule has 2 rings (SSSR count). The molecule has 1 heterocycles. The van der Waals surface area contributed by atoms with Crippen molar-refractivity contribution in [3.63, 3.8) is 0 Å². The highest BCUT2D eigenvalue weighted by Gasteiger charge is 2.41. The Morgan fingerprint density at radius 2 is 2.00 bits per heavy atom. The van der Waals surface area contributed by atoms with Gasteiger partial charge in [-0.15, -0.1) is 0 Å². The quantitative estimate of drug-likeness (QED) is 0.845. The topological polar surface area (TPSA) is 55.4 Å². The Hall–Kier alpha value is -0.130. The third-order valence-electron chi connectivity index (χ3n) is 4.45. The number of nitrogens with one attached hydrogen (secondary N) is 1. The van der Waals surface area contributed by atoms with Crippen LogP contribution in [-0.4, -0.2) is 45.2 Å². The zero-order valence-electron chi connectivity index (χ0n) is 11.4. The van der Waals surface area contributed by atoms with Crippen molar-refractivity contribution in [3.8, 4) is 0 Å². The molecule has 1 N–H and O–H groups in total. The lowest BCUT2D eigenvalue weighted by molar-refractivity contribution is 0.0821. The summed E-state index contributed by atoms with van der Waals surface area (Å²) in [5, 5.41) is 2.65. The average molecular weight is 275 g/mol. The SMILES string of the molecule is CNC1CCOCC1S(=O)(=O)C1CCCC(C)C1. The second-order valence-corrected chi connectivity index (χ2v) is 8.23. The van der Waals surface area contributed by atoms with E-state index in [1.807, 2.05) is 7.05 Å². The van der Waals surface area contributed by atoms with E-state index < -0.39 is 9.84 Å². The van der Waals surface area contributed by atoms with Crippen LogP contribution in [0.1, 0.15) is 39.0 Å². The maximum atomic E-state index is 12.7. The molecule has 1 saturated heterocycles. The summed E-state index contributed by atoms with van der Waals surface area (Å²) in [6.45, 7) is 3.19. The molecule has 4 unspecified atom stereocenters. The molecule has 2 fully saturated rings. The summed E-state index contributed by atoms with van der Waals surface area (Å²) in [6, 6.07) is 0.0565. The molecule has 5 heteroatoms. The fourth-order valence-electron chi connectivity index (χ4n) is 3.29. The van der Waals surface area contributed by atoms with Crippen molar-refractivity contribution < 1.29 is 13.2 Å². The molecule has 0 bridgehead atoms. The van der Waals surface area contributed by atoms with Crippen LogP contribution in [0.4, 0.5) is 0 Å². The first kappa shape index (κ1) is 14.3. The van der Waals surface area contributed by atoms with Gasteiger partial charge >= 0.3 is 0 Å². The van der Waals surface area contributed by atoms with Crippen LogP contribution < -0.4 is 5.32 Å². The van der Waals surface area contributed by atoms with Gasteiger partial charge in [-0.25, -0.2) is 8.42 Å². The van der Waals surface area contributed by atoms with Crippen LogP contribution in [0.3, 0.4) is 0 Å². The van der Waals surface area contributed by atoms with Crippen molar-refractivity contribution in [1.29, 1.82) is 0 Å².